The molecule has 3 unspecified atom stereocenters. The van der Waals surface area contributed by atoms with Crippen LogP contribution in [0.25, 0.3) is 0 Å². The van der Waals surface area contributed by atoms with E-state index in [-0.39, 0.29) is 0 Å². The fourth-order valence-electron chi connectivity index (χ4n) is 2.00. The first-order valence-corrected chi connectivity index (χ1v) is 6.74. The van der Waals surface area contributed by atoms with Crippen molar-refractivity contribution in [1.82, 2.24) is 4.90 Å². The predicted octanol–water partition coefficient (Wildman–Crippen LogP) is 1.90. The SMILES string of the molecule is COCCC(C)N1CC(C)OC(CBr)C1. The van der Waals surface area contributed by atoms with E-state index in [4.69, 9.17) is 9.47 Å². The number of alkyl halides is 1. The predicted molar refractivity (Wildman–Crippen MR) is 65.7 cm³/mol. The molecule has 1 rings (SSSR count). The summed E-state index contributed by atoms with van der Waals surface area (Å²) < 4.78 is 10.9. The molecule has 0 aromatic heterocycles. The topological polar surface area (TPSA) is 21.7 Å². The zero-order valence-electron chi connectivity index (χ0n) is 9.91. The highest BCUT2D eigenvalue weighted by Gasteiger charge is 2.27. The maximum Gasteiger partial charge on any atom is 0.0802 e. The van der Waals surface area contributed by atoms with Crippen molar-refractivity contribution >= 4 is 15.9 Å². The van der Waals surface area contributed by atoms with Crippen LogP contribution in [0.15, 0.2) is 0 Å². The van der Waals surface area contributed by atoms with Crippen molar-refractivity contribution in [3.63, 3.8) is 0 Å². The summed E-state index contributed by atoms with van der Waals surface area (Å²) in [5.41, 5.74) is 0. The minimum absolute atomic E-state index is 0.332. The van der Waals surface area contributed by atoms with E-state index in [0.29, 0.717) is 18.2 Å². The number of rotatable bonds is 5. The van der Waals surface area contributed by atoms with Crippen LogP contribution in [0.3, 0.4) is 0 Å². The van der Waals surface area contributed by atoms with E-state index in [2.05, 4.69) is 34.7 Å². The van der Waals surface area contributed by atoms with E-state index in [1.807, 2.05) is 0 Å². The van der Waals surface area contributed by atoms with Crippen LogP contribution in [-0.4, -0.2) is 55.3 Å². The third-order valence-electron chi connectivity index (χ3n) is 2.89. The Hall–Kier alpha value is 0.360. The molecule has 1 heterocycles. The average Bonchev–Trinajstić information content (AvgIpc) is 2.24. The highest BCUT2D eigenvalue weighted by Crippen LogP contribution is 2.16. The van der Waals surface area contributed by atoms with Gasteiger partial charge in [-0.2, -0.15) is 0 Å². The van der Waals surface area contributed by atoms with Crippen molar-refractivity contribution in [3.05, 3.63) is 0 Å². The van der Waals surface area contributed by atoms with Gasteiger partial charge in [0.1, 0.15) is 0 Å². The molecule has 0 spiro atoms. The second-order valence-electron chi connectivity index (χ2n) is 4.31. The van der Waals surface area contributed by atoms with E-state index < -0.39 is 0 Å². The third kappa shape index (κ3) is 4.39. The number of methoxy groups -OCH3 is 1. The number of hydrogen-bond donors (Lipinski definition) is 0. The Balaban J connectivity index is 2.38. The second kappa shape index (κ2) is 6.84. The van der Waals surface area contributed by atoms with Crippen molar-refractivity contribution in [2.24, 2.45) is 0 Å². The molecule has 1 aliphatic heterocycles. The van der Waals surface area contributed by atoms with E-state index in [9.17, 15) is 0 Å². The van der Waals surface area contributed by atoms with Gasteiger partial charge >= 0.3 is 0 Å². The van der Waals surface area contributed by atoms with E-state index in [1.54, 1.807) is 7.11 Å². The normalized spacial score (nSPS) is 30.4. The molecular weight excluding hydrogens is 258 g/mol. The largest absolute Gasteiger partial charge is 0.385 e. The highest BCUT2D eigenvalue weighted by molar-refractivity contribution is 9.09. The highest BCUT2D eigenvalue weighted by atomic mass is 79.9. The first-order valence-electron chi connectivity index (χ1n) is 5.61. The Labute approximate surface area is 101 Å². The molecule has 0 radical (unpaired) electrons. The van der Waals surface area contributed by atoms with Gasteiger partial charge in [0.2, 0.25) is 0 Å². The van der Waals surface area contributed by atoms with Crippen molar-refractivity contribution in [1.29, 1.82) is 0 Å². The lowest BCUT2D eigenvalue weighted by atomic mass is 10.1. The molecule has 0 aliphatic carbocycles. The van der Waals surface area contributed by atoms with Crippen molar-refractivity contribution in [3.8, 4) is 0 Å². The van der Waals surface area contributed by atoms with Gasteiger partial charge in [0, 0.05) is 38.2 Å². The lowest BCUT2D eigenvalue weighted by Gasteiger charge is -2.39. The van der Waals surface area contributed by atoms with Crippen LogP contribution < -0.4 is 0 Å². The maximum atomic E-state index is 5.80. The van der Waals surface area contributed by atoms with Gasteiger partial charge in [-0.3, -0.25) is 4.90 Å². The van der Waals surface area contributed by atoms with Crippen LogP contribution in [0.1, 0.15) is 20.3 Å². The molecule has 0 amide bonds. The van der Waals surface area contributed by atoms with Crippen molar-refractivity contribution in [2.45, 2.75) is 38.5 Å². The summed E-state index contributed by atoms with van der Waals surface area (Å²) in [6, 6.07) is 0.581. The summed E-state index contributed by atoms with van der Waals surface area (Å²) in [5, 5.41) is 0.921. The number of morpholine rings is 1. The molecular formula is C11H22BrNO2. The first kappa shape index (κ1) is 13.4. The molecule has 0 aromatic rings. The van der Waals surface area contributed by atoms with E-state index in [0.717, 1.165) is 31.4 Å². The van der Waals surface area contributed by atoms with Gasteiger partial charge in [-0.1, -0.05) is 15.9 Å². The van der Waals surface area contributed by atoms with Crippen LogP contribution in [0, 0.1) is 0 Å². The molecule has 1 fully saturated rings. The Morgan fingerprint density at radius 3 is 2.87 bits per heavy atom. The first-order chi connectivity index (χ1) is 7.17. The van der Waals surface area contributed by atoms with Crippen LogP contribution >= 0.6 is 15.9 Å². The number of hydrogen-bond acceptors (Lipinski definition) is 3. The van der Waals surface area contributed by atoms with Gasteiger partial charge in [0.15, 0.2) is 0 Å². The summed E-state index contributed by atoms with van der Waals surface area (Å²) in [6.07, 6.45) is 1.77. The molecule has 90 valence electrons. The van der Waals surface area contributed by atoms with Gasteiger partial charge in [-0.25, -0.2) is 0 Å². The minimum Gasteiger partial charge on any atom is -0.385 e. The molecule has 3 atom stereocenters. The number of ether oxygens (including phenoxy) is 2. The molecule has 1 aliphatic rings. The quantitative estimate of drug-likeness (QED) is 0.718. The summed E-state index contributed by atoms with van der Waals surface area (Å²) >= 11 is 3.49. The maximum absolute atomic E-state index is 5.80. The monoisotopic (exact) mass is 279 g/mol. The second-order valence-corrected chi connectivity index (χ2v) is 4.95. The molecule has 0 aromatic carbocycles. The molecule has 4 heteroatoms. The zero-order chi connectivity index (χ0) is 11.3. The van der Waals surface area contributed by atoms with Gasteiger partial charge in [-0.15, -0.1) is 0 Å². The van der Waals surface area contributed by atoms with E-state index >= 15 is 0 Å². The average molecular weight is 280 g/mol. The molecule has 3 nitrogen and oxygen atoms in total. The lowest BCUT2D eigenvalue weighted by Crippen LogP contribution is -2.50. The molecule has 0 N–H and O–H groups in total. The number of nitrogens with zero attached hydrogens (tertiary/aromatic N) is 1. The van der Waals surface area contributed by atoms with Crippen LogP contribution in [0.2, 0.25) is 0 Å². The smallest absolute Gasteiger partial charge is 0.0802 e. The van der Waals surface area contributed by atoms with Gasteiger partial charge in [0.05, 0.1) is 12.2 Å². The number of halogens is 1. The minimum atomic E-state index is 0.332. The Bertz CT molecular complexity index is 180. The van der Waals surface area contributed by atoms with Crippen LogP contribution in [0.5, 0.6) is 0 Å². The Kier molecular flexibility index (Phi) is 6.12. The van der Waals surface area contributed by atoms with Crippen LogP contribution in [-0.2, 0) is 9.47 Å². The summed E-state index contributed by atoms with van der Waals surface area (Å²) in [7, 11) is 1.76. The van der Waals surface area contributed by atoms with Crippen LogP contribution in [0.4, 0.5) is 0 Å². The third-order valence-corrected chi connectivity index (χ3v) is 3.61. The summed E-state index contributed by atoms with van der Waals surface area (Å²) in [6.45, 7) is 7.31. The molecule has 0 saturated carbocycles. The van der Waals surface area contributed by atoms with Gasteiger partial charge in [-0.05, 0) is 20.3 Å². The fraction of sp³-hybridized carbons (Fsp3) is 1.00. The Morgan fingerprint density at radius 1 is 1.53 bits per heavy atom. The summed E-state index contributed by atoms with van der Waals surface area (Å²) in [5.74, 6) is 0. The zero-order valence-corrected chi connectivity index (χ0v) is 11.5. The molecule has 0 bridgehead atoms. The standard InChI is InChI=1S/C11H22BrNO2/c1-9(4-5-14-3)13-7-10(2)15-11(6-12)8-13/h9-11H,4-8H2,1-3H3. The van der Waals surface area contributed by atoms with Gasteiger partial charge < -0.3 is 9.47 Å². The lowest BCUT2D eigenvalue weighted by molar-refractivity contribution is -0.0781. The van der Waals surface area contributed by atoms with E-state index in [1.165, 1.54) is 0 Å². The van der Waals surface area contributed by atoms with Gasteiger partial charge in [0.25, 0.3) is 0 Å². The summed E-state index contributed by atoms with van der Waals surface area (Å²) in [4.78, 5) is 2.50. The molecule has 1 saturated heterocycles. The molecule has 15 heavy (non-hydrogen) atoms. The van der Waals surface area contributed by atoms with Crippen molar-refractivity contribution in [2.75, 3.05) is 32.1 Å². The fourth-order valence-corrected chi connectivity index (χ4v) is 2.35. The van der Waals surface area contributed by atoms with Crippen molar-refractivity contribution < 1.29 is 9.47 Å². The Morgan fingerprint density at radius 2 is 2.27 bits per heavy atom.